The Kier molecular flexibility index (Phi) is 3.33. The van der Waals surface area contributed by atoms with Crippen molar-refractivity contribution in [3.63, 3.8) is 0 Å². The molecule has 0 radical (unpaired) electrons. The number of rotatable bonds is 1. The third kappa shape index (κ3) is 2.54. The largest absolute Gasteiger partial charge is 0.335 e. The van der Waals surface area contributed by atoms with Gasteiger partial charge in [0.05, 0.1) is 0 Å². The van der Waals surface area contributed by atoms with Crippen LogP contribution in [0.2, 0.25) is 0 Å². The summed E-state index contributed by atoms with van der Waals surface area (Å²) in [6, 6.07) is 3.58. The van der Waals surface area contributed by atoms with Crippen molar-refractivity contribution in [1.29, 1.82) is 0 Å². The van der Waals surface area contributed by atoms with Crippen molar-refractivity contribution in [3.8, 4) is 0 Å². The van der Waals surface area contributed by atoms with E-state index in [1.54, 1.807) is 12.3 Å². The molecule has 1 fully saturated rings. The summed E-state index contributed by atoms with van der Waals surface area (Å²) in [6.45, 7) is 3.25. The molecule has 5 heteroatoms. The van der Waals surface area contributed by atoms with E-state index in [2.05, 4.69) is 26.2 Å². The molecule has 0 saturated carbocycles. The lowest BCUT2D eigenvalue weighted by atomic mass is 10.3. The van der Waals surface area contributed by atoms with Crippen LogP contribution in [0.25, 0.3) is 0 Å². The average Bonchev–Trinajstić information content (AvgIpc) is 2.30. The van der Waals surface area contributed by atoms with Crippen LogP contribution in [0.15, 0.2) is 22.8 Å². The SMILES string of the molecule is O=C(c1ccc(Br)cn1)N1CCNCC1. The van der Waals surface area contributed by atoms with Gasteiger partial charge >= 0.3 is 0 Å². The second-order valence-corrected chi connectivity index (χ2v) is 4.32. The van der Waals surface area contributed by atoms with Crippen molar-refractivity contribution in [2.75, 3.05) is 26.2 Å². The maximum atomic E-state index is 11.9. The fourth-order valence-electron chi connectivity index (χ4n) is 1.53. The van der Waals surface area contributed by atoms with Crippen LogP contribution in [-0.2, 0) is 0 Å². The van der Waals surface area contributed by atoms with Crippen LogP contribution in [0.1, 0.15) is 10.5 Å². The Hall–Kier alpha value is -0.940. The van der Waals surface area contributed by atoms with Crippen LogP contribution < -0.4 is 5.32 Å². The predicted molar refractivity (Wildman–Crippen MR) is 60.7 cm³/mol. The number of hydrogen-bond donors (Lipinski definition) is 1. The number of aromatic nitrogens is 1. The molecular formula is C10H12BrN3O. The van der Waals surface area contributed by atoms with Gasteiger partial charge in [0.25, 0.3) is 5.91 Å². The lowest BCUT2D eigenvalue weighted by Crippen LogP contribution is -2.46. The van der Waals surface area contributed by atoms with E-state index in [1.165, 1.54) is 0 Å². The number of carbonyl (C=O) groups excluding carboxylic acids is 1. The maximum Gasteiger partial charge on any atom is 0.272 e. The van der Waals surface area contributed by atoms with E-state index in [1.807, 2.05) is 11.0 Å². The second kappa shape index (κ2) is 4.72. The van der Waals surface area contributed by atoms with Crippen molar-refractivity contribution < 1.29 is 4.79 Å². The van der Waals surface area contributed by atoms with Gasteiger partial charge in [-0.1, -0.05) is 0 Å². The number of amides is 1. The fraction of sp³-hybridized carbons (Fsp3) is 0.400. The Bertz CT molecular complexity index is 346. The van der Waals surface area contributed by atoms with Gasteiger partial charge in [0.1, 0.15) is 5.69 Å². The highest BCUT2D eigenvalue weighted by atomic mass is 79.9. The molecule has 1 aromatic heterocycles. The Labute approximate surface area is 96.8 Å². The molecule has 15 heavy (non-hydrogen) atoms. The first-order valence-electron chi connectivity index (χ1n) is 4.89. The first-order chi connectivity index (χ1) is 7.27. The summed E-state index contributed by atoms with van der Waals surface area (Å²) in [6.07, 6.45) is 1.65. The van der Waals surface area contributed by atoms with Crippen molar-refractivity contribution in [3.05, 3.63) is 28.5 Å². The molecule has 0 bridgehead atoms. The van der Waals surface area contributed by atoms with E-state index in [-0.39, 0.29) is 5.91 Å². The number of nitrogens with one attached hydrogen (secondary N) is 1. The van der Waals surface area contributed by atoms with Crippen molar-refractivity contribution >= 4 is 21.8 Å². The molecule has 80 valence electrons. The van der Waals surface area contributed by atoms with Gasteiger partial charge in [0.15, 0.2) is 0 Å². The van der Waals surface area contributed by atoms with Crippen molar-refractivity contribution in [1.82, 2.24) is 15.2 Å². The Balaban J connectivity index is 2.09. The van der Waals surface area contributed by atoms with Gasteiger partial charge in [-0.3, -0.25) is 4.79 Å². The predicted octanol–water partition coefficient (Wildman–Crippen LogP) is 0.889. The normalized spacial score (nSPS) is 16.5. The van der Waals surface area contributed by atoms with Crippen LogP contribution in [0.5, 0.6) is 0 Å². The van der Waals surface area contributed by atoms with Crippen LogP contribution in [0, 0.1) is 0 Å². The van der Waals surface area contributed by atoms with Crippen molar-refractivity contribution in [2.24, 2.45) is 0 Å². The van der Waals surface area contributed by atoms with Gasteiger partial charge < -0.3 is 10.2 Å². The highest BCUT2D eigenvalue weighted by Gasteiger charge is 2.18. The van der Waals surface area contributed by atoms with Gasteiger partial charge in [0, 0.05) is 36.8 Å². The second-order valence-electron chi connectivity index (χ2n) is 3.40. The van der Waals surface area contributed by atoms with Crippen LogP contribution in [0.3, 0.4) is 0 Å². The number of halogens is 1. The standard InChI is InChI=1S/C10H12BrN3O/c11-8-1-2-9(13-7-8)10(15)14-5-3-12-4-6-14/h1-2,7,12H,3-6H2. The van der Waals surface area contributed by atoms with E-state index in [4.69, 9.17) is 0 Å². The lowest BCUT2D eigenvalue weighted by Gasteiger charge is -2.26. The smallest absolute Gasteiger partial charge is 0.272 e. The quantitative estimate of drug-likeness (QED) is 0.824. The summed E-state index contributed by atoms with van der Waals surface area (Å²) >= 11 is 3.29. The zero-order chi connectivity index (χ0) is 10.7. The number of hydrogen-bond acceptors (Lipinski definition) is 3. The van der Waals surface area contributed by atoms with Crippen LogP contribution in [-0.4, -0.2) is 42.0 Å². The molecule has 0 unspecified atom stereocenters. The number of nitrogens with zero attached hydrogens (tertiary/aromatic N) is 2. The van der Waals surface area contributed by atoms with E-state index < -0.39 is 0 Å². The van der Waals surface area contributed by atoms with Crippen LogP contribution >= 0.6 is 15.9 Å². The van der Waals surface area contributed by atoms with E-state index in [0.717, 1.165) is 30.7 Å². The number of carbonyl (C=O) groups is 1. The molecule has 0 aliphatic carbocycles. The monoisotopic (exact) mass is 269 g/mol. The zero-order valence-corrected chi connectivity index (χ0v) is 9.83. The van der Waals surface area contributed by atoms with Crippen LogP contribution in [0.4, 0.5) is 0 Å². The zero-order valence-electron chi connectivity index (χ0n) is 8.24. The summed E-state index contributed by atoms with van der Waals surface area (Å²) in [5, 5.41) is 3.21. The molecule has 0 spiro atoms. The first-order valence-corrected chi connectivity index (χ1v) is 5.68. The minimum absolute atomic E-state index is 0.0176. The molecule has 0 aromatic carbocycles. The molecule has 1 saturated heterocycles. The van der Waals surface area contributed by atoms with E-state index in [0.29, 0.717) is 5.69 Å². The van der Waals surface area contributed by atoms with Gasteiger partial charge in [-0.2, -0.15) is 0 Å². The maximum absolute atomic E-state index is 11.9. The van der Waals surface area contributed by atoms with E-state index in [9.17, 15) is 4.79 Å². The molecule has 1 aromatic rings. The minimum atomic E-state index is 0.0176. The molecule has 2 heterocycles. The first kappa shape index (κ1) is 10.6. The fourth-order valence-corrected chi connectivity index (χ4v) is 1.77. The minimum Gasteiger partial charge on any atom is -0.335 e. The summed E-state index contributed by atoms with van der Waals surface area (Å²) in [5.41, 5.74) is 0.514. The topological polar surface area (TPSA) is 45.2 Å². The van der Waals surface area contributed by atoms with Gasteiger partial charge in [-0.05, 0) is 28.1 Å². The highest BCUT2D eigenvalue weighted by Crippen LogP contribution is 2.09. The Morgan fingerprint density at radius 1 is 1.40 bits per heavy atom. The number of pyridine rings is 1. The molecule has 2 rings (SSSR count). The molecule has 1 amide bonds. The molecular weight excluding hydrogens is 258 g/mol. The summed E-state index contributed by atoms with van der Waals surface area (Å²) < 4.78 is 0.888. The van der Waals surface area contributed by atoms with E-state index >= 15 is 0 Å². The van der Waals surface area contributed by atoms with Crippen molar-refractivity contribution in [2.45, 2.75) is 0 Å². The van der Waals surface area contributed by atoms with Gasteiger partial charge in [0.2, 0.25) is 0 Å². The average molecular weight is 270 g/mol. The summed E-state index contributed by atoms with van der Waals surface area (Å²) in [7, 11) is 0. The molecule has 0 atom stereocenters. The molecule has 1 aliphatic heterocycles. The third-order valence-electron chi connectivity index (χ3n) is 2.35. The number of piperazine rings is 1. The van der Waals surface area contributed by atoms with Gasteiger partial charge in [-0.25, -0.2) is 4.98 Å². The summed E-state index contributed by atoms with van der Waals surface area (Å²) in [4.78, 5) is 17.9. The Morgan fingerprint density at radius 2 is 2.13 bits per heavy atom. The highest BCUT2D eigenvalue weighted by molar-refractivity contribution is 9.10. The Morgan fingerprint density at radius 3 is 2.73 bits per heavy atom. The third-order valence-corrected chi connectivity index (χ3v) is 2.82. The molecule has 1 N–H and O–H groups in total. The lowest BCUT2D eigenvalue weighted by molar-refractivity contribution is 0.0730. The molecule has 4 nitrogen and oxygen atoms in total. The molecule has 1 aliphatic rings. The van der Waals surface area contributed by atoms with Gasteiger partial charge in [-0.15, -0.1) is 0 Å². The summed E-state index contributed by atoms with van der Waals surface area (Å²) in [5.74, 6) is 0.0176.